The molecule has 1 aromatic heterocycles. The van der Waals surface area contributed by atoms with Crippen LogP contribution in [-0.2, 0) is 35.4 Å². The van der Waals surface area contributed by atoms with Gasteiger partial charge in [0.25, 0.3) is 5.91 Å². The van der Waals surface area contributed by atoms with Crippen LogP contribution in [0.25, 0.3) is 0 Å². The van der Waals surface area contributed by atoms with E-state index in [1.807, 2.05) is 48.5 Å². The van der Waals surface area contributed by atoms with Crippen molar-refractivity contribution >= 4 is 23.6 Å². The van der Waals surface area contributed by atoms with Crippen molar-refractivity contribution in [2.24, 2.45) is 5.92 Å². The lowest BCUT2D eigenvalue weighted by molar-refractivity contribution is -0.144. The monoisotopic (exact) mass is 500 g/mol. The molecular formula is C29H32N4O4. The number of fused-ring (bicyclic) bond motifs is 1. The molecule has 37 heavy (non-hydrogen) atoms. The van der Waals surface area contributed by atoms with Gasteiger partial charge in [0, 0.05) is 38.4 Å². The Morgan fingerprint density at radius 1 is 1.05 bits per heavy atom. The fraction of sp³-hybridized carbons (Fsp3) is 0.310. The summed E-state index contributed by atoms with van der Waals surface area (Å²) >= 11 is 0. The van der Waals surface area contributed by atoms with Crippen LogP contribution >= 0.6 is 0 Å². The zero-order valence-electron chi connectivity index (χ0n) is 21.0. The lowest BCUT2D eigenvalue weighted by Gasteiger charge is -2.24. The van der Waals surface area contributed by atoms with Crippen LogP contribution < -0.4 is 5.73 Å². The number of rotatable bonds is 9. The predicted octanol–water partition coefficient (Wildman–Crippen LogP) is 3.20. The number of carboxylic acids is 1. The number of aliphatic carboxylic acids is 1. The summed E-state index contributed by atoms with van der Waals surface area (Å²) in [4.78, 5) is 45.4. The van der Waals surface area contributed by atoms with Crippen molar-refractivity contribution < 1.29 is 19.5 Å². The molecule has 3 N–H and O–H groups in total. The highest BCUT2D eigenvalue weighted by atomic mass is 16.4. The SMILES string of the molecule is CN(CCc1ccnc(N)c1)C(=O)c1ccc2c(c1)CC(CC(=O)O)C(=O)N(CCc1ccccc1)C2. The number of aromatic nitrogens is 1. The molecule has 1 aliphatic heterocycles. The van der Waals surface area contributed by atoms with E-state index >= 15 is 0 Å². The minimum absolute atomic E-state index is 0.129. The van der Waals surface area contributed by atoms with Crippen LogP contribution in [-0.4, -0.2) is 57.8 Å². The zero-order chi connectivity index (χ0) is 26.4. The van der Waals surface area contributed by atoms with Crippen molar-refractivity contribution in [2.45, 2.75) is 32.2 Å². The molecule has 2 amide bonds. The predicted molar refractivity (Wildman–Crippen MR) is 141 cm³/mol. The van der Waals surface area contributed by atoms with Gasteiger partial charge in [0.1, 0.15) is 5.82 Å². The Kier molecular flexibility index (Phi) is 8.18. The van der Waals surface area contributed by atoms with E-state index in [4.69, 9.17) is 5.73 Å². The molecule has 3 aromatic rings. The molecule has 8 nitrogen and oxygen atoms in total. The van der Waals surface area contributed by atoms with Crippen molar-refractivity contribution in [3.63, 3.8) is 0 Å². The summed E-state index contributed by atoms with van der Waals surface area (Å²) in [7, 11) is 1.75. The summed E-state index contributed by atoms with van der Waals surface area (Å²) in [6.45, 7) is 1.40. The Labute approximate surface area is 216 Å². The number of nitrogens with two attached hydrogens (primary N) is 1. The second-order valence-corrected chi connectivity index (χ2v) is 9.54. The Balaban J connectivity index is 1.50. The van der Waals surface area contributed by atoms with Gasteiger partial charge in [0.2, 0.25) is 5.91 Å². The normalized spacial score (nSPS) is 15.1. The largest absolute Gasteiger partial charge is 0.481 e. The third-order valence-corrected chi connectivity index (χ3v) is 6.80. The lowest BCUT2D eigenvalue weighted by atomic mass is 9.93. The van der Waals surface area contributed by atoms with Gasteiger partial charge in [-0.1, -0.05) is 36.4 Å². The number of amides is 2. The zero-order valence-corrected chi connectivity index (χ0v) is 21.0. The number of pyridine rings is 1. The smallest absolute Gasteiger partial charge is 0.304 e. The average molecular weight is 501 g/mol. The van der Waals surface area contributed by atoms with E-state index < -0.39 is 11.9 Å². The van der Waals surface area contributed by atoms with Gasteiger partial charge in [-0.05, 0) is 65.8 Å². The maximum Gasteiger partial charge on any atom is 0.304 e. The summed E-state index contributed by atoms with van der Waals surface area (Å²) in [5.74, 6) is -1.52. The number of likely N-dealkylation sites (N-methyl/N-ethyl adjacent to an activating group) is 1. The summed E-state index contributed by atoms with van der Waals surface area (Å²) in [6, 6.07) is 19.1. The Morgan fingerprint density at radius 2 is 1.84 bits per heavy atom. The highest BCUT2D eigenvalue weighted by molar-refractivity contribution is 5.94. The molecule has 1 aliphatic rings. The molecule has 1 unspecified atom stereocenters. The molecular weight excluding hydrogens is 468 g/mol. The third-order valence-electron chi connectivity index (χ3n) is 6.80. The fourth-order valence-corrected chi connectivity index (χ4v) is 4.73. The van der Waals surface area contributed by atoms with Crippen LogP contribution in [0.1, 0.15) is 39.0 Å². The van der Waals surface area contributed by atoms with Crippen molar-refractivity contribution in [3.05, 3.63) is 94.7 Å². The van der Waals surface area contributed by atoms with Gasteiger partial charge < -0.3 is 20.6 Å². The van der Waals surface area contributed by atoms with Crippen molar-refractivity contribution in [3.8, 4) is 0 Å². The summed E-state index contributed by atoms with van der Waals surface area (Å²) in [6.07, 6.45) is 3.03. The number of anilines is 1. The second-order valence-electron chi connectivity index (χ2n) is 9.54. The van der Waals surface area contributed by atoms with E-state index in [1.165, 1.54) is 0 Å². The number of nitrogens with zero attached hydrogens (tertiary/aromatic N) is 3. The van der Waals surface area contributed by atoms with Crippen LogP contribution in [0.15, 0.2) is 66.9 Å². The van der Waals surface area contributed by atoms with Crippen LogP contribution in [0.2, 0.25) is 0 Å². The van der Waals surface area contributed by atoms with Crippen molar-refractivity contribution in [1.29, 1.82) is 0 Å². The molecule has 2 heterocycles. The quantitative estimate of drug-likeness (QED) is 0.466. The molecule has 1 atom stereocenters. The molecule has 0 saturated heterocycles. The molecule has 0 aliphatic carbocycles. The van der Waals surface area contributed by atoms with Gasteiger partial charge >= 0.3 is 5.97 Å². The highest BCUT2D eigenvalue weighted by Crippen LogP contribution is 2.27. The number of carboxylic acid groups (broad SMARTS) is 1. The Bertz CT molecular complexity index is 1280. The lowest BCUT2D eigenvalue weighted by Crippen LogP contribution is -2.37. The molecule has 0 spiro atoms. The van der Waals surface area contributed by atoms with Crippen molar-refractivity contribution in [2.75, 3.05) is 25.9 Å². The first-order chi connectivity index (χ1) is 17.8. The number of carbonyl (C=O) groups excluding carboxylic acids is 2. The van der Waals surface area contributed by atoms with Gasteiger partial charge in [-0.2, -0.15) is 0 Å². The first-order valence-corrected chi connectivity index (χ1v) is 12.4. The van der Waals surface area contributed by atoms with Gasteiger partial charge in [0.15, 0.2) is 0 Å². The van der Waals surface area contributed by atoms with Gasteiger partial charge in [-0.3, -0.25) is 14.4 Å². The molecule has 2 aromatic carbocycles. The van der Waals surface area contributed by atoms with Crippen LogP contribution in [0, 0.1) is 5.92 Å². The molecule has 192 valence electrons. The van der Waals surface area contributed by atoms with Crippen LogP contribution in [0.3, 0.4) is 0 Å². The van der Waals surface area contributed by atoms with Crippen molar-refractivity contribution in [1.82, 2.24) is 14.8 Å². The number of hydrogen-bond donors (Lipinski definition) is 2. The topological polar surface area (TPSA) is 117 Å². The first-order valence-electron chi connectivity index (χ1n) is 12.4. The maximum atomic E-state index is 13.3. The number of benzene rings is 2. The highest BCUT2D eigenvalue weighted by Gasteiger charge is 2.31. The van der Waals surface area contributed by atoms with Crippen LogP contribution in [0.4, 0.5) is 5.82 Å². The van der Waals surface area contributed by atoms with E-state index in [0.717, 1.165) is 22.3 Å². The summed E-state index contributed by atoms with van der Waals surface area (Å²) < 4.78 is 0. The van der Waals surface area contributed by atoms with E-state index in [1.54, 1.807) is 35.2 Å². The van der Waals surface area contributed by atoms with E-state index in [0.29, 0.717) is 50.3 Å². The first kappa shape index (κ1) is 25.9. The fourth-order valence-electron chi connectivity index (χ4n) is 4.73. The van der Waals surface area contributed by atoms with E-state index in [9.17, 15) is 19.5 Å². The Morgan fingerprint density at radius 3 is 2.57 bits per heavy atom. The molecule has 8 heteroatoms. The number of carbonyl (C=O) groups is 3. The van der Waals surface area contributed by atoms with Gasteiger partial charge in [-0.25, -0.2) is 4.98 Å². The Hall–Kier alpha value is -4.20. The van der Waals surface area contributed by atoms with Crippen LogP contribution in [0.5, 0.6) is 0 Å². The molecule has 0 radical (unpaired) electrons. The third kappa shape index (κ3) is 6.73. The number of hydrogen-bond acceptors (Lipinski definition) is 5. The summed E-state index contributed by atoms with van der Waals surface area (Å²) in [5.41, 5.74) is 10.2. The maximum absolute atomic E-state index is 13.3. The summed E-state index contributed by atoms with van der Waals surface area (Å²) in [5, 5.41) is 9.46. The minimum Gasteiger partial charge on any atom is -0.481 e. The molecule has 0 saturated carbocycles. The van der Waals surface area contributed by atoms with E-state index in [2.05, 4.69) is 4.98 Å². The van der Waals surface area contributed by atoms with Gasteiger partial charge in [-0.15, -0.1) is 0 Å². The molecule has 0 fully saturated rings. The minimum atomic E-state index is -1.01. The standard InChI is InChI=1S/C29H32N4O4/c1-32(13-10-21-9-12-31-26(30)15-21)28(36)22-7-8-23-19-33(14-11-20-5-3-2-4-6-20)29(37)25(18-27(34)35)17-24(23)16-22/h2-9,12,15-16,25H,10-11,13-14,17-19H2,1H3,(H2,30,31)(H,34,35). The molecule has 4 rings (SSSR count). The van der Waals surface area contributed by atoms with E-state index in [-0.39, 0.29) is 18.2 Å². The molecule has 0 bridgehead atoms. The average Bonchev–Trinajstić information content (AvgIpc) is 3.01. The second kappa shape index (κ2) is 11.7. The number of nitrogen functional groups attached to an aromatic ring is 1. The van der Waals surface area contributed by atoms with Gasteiger partial charge in [0.05, 0.1) is 12.3 Å².